The predicted molar refractivity (Wildman–Crippen MR) is 93.8 cm³/mol. The van der Waals surface area contributed by atoms with Crippen LogP contribution in [-0.2, 0) is 22.6 Å². The number of esters is 1. The molecule has 5 heteroatoms. The monoisotopic (exact) mass is 332 g/mol. The van der Waals surface area contributed by atoms with Crippen LogP contribution in [0, 0.1) is 6.92 Å². The summed E-state index contributed by atoms with van der Waals surface area (Å²) in [7, 11) is -1.25. The Kier molecular flexibility index (Phi) is 5.09. The van der Waals surface area contributed by atoms with Gasteiger partial charge in [-0.15, -0.1) is 0 Å². The number of benzene rings is 1. The van der Waals surface area contributed by atoms with Crippen LogP contribution >= 0.6 is 0 Å². The summed E-state index contributed by atoms with van der Waals surface area (Å²) in [6, 6.07) is 0.981. The van der Waals surface area contributed by atoms with Crippen molar-refractivity contribution in [1.29, 1.82) is 0 Å². The molecule has 23 heavy (non-hydrogen) atoms. The average Bonchev–Trinajstić information content (AvgIpc) is 2.84. The maximum Gasteiger partial charge on any atom is 0.342 e. The van der Waals surface area contributed by atoms with Crippen molar-refractivity contribution in [2.45, 2.75) is 45.6 Å². The molecule has 0 amide bonds. The highest BCUT2D eigenvalue weighted by atomic mass is 28.3. The number of carbonyl (C=O) groups excluding carboxylic acids is 2. The summed E-state index contributed by atoms with van der Waals surface area (Å²) in [5, 5.41) is 0. The minimum absolute atomic E-state index is 0.199. The summed E-state index contributed by atoms with van der Waals surface area (Å²) >= 11 is 0. The first-order valence-corrected chi connectivity index (χ1v) is 11.5. The molecule has 0 saturated heterocycles. The second kappa shape index (κ2) is 6.70. The van der Waals surface area contributed by atoms with Crippen molar-refractivity contribution < 1.29 is 19.1 Å². The molecule has 1 aromatic rings. The van der Waals surface area contributed by atoms with Gasteiger partial charge in [-0.05, 0) is 24.1 Å². The van der Waals surface area contributed by atoms with Gasteiger partial charge in [-0.3, -0.25) is 0 Å². The fourth-order valence-corrected chi connectivity index (χ4v) is 3.49. The lowest BCUT2D eigenvalue weighted by Gasteiger charge is -2.20. The third kappa shape index (κ3) is 3.55. The van der Waals surface area contributed by atoms with Crippen molar-refractivity contribution in [2.75, 3.05) is 6.61 Å². The second-order valence-electron chi connectivity index (χ2n) is 7.01. The van der Waals surface area contributed by atoms with Crippen molar-refractivity contribution in [3.63, 3.8) is 0 Å². The van der Waals surface area contributed by atoms with Gasteiger partial charge in [0.1, 0.15) is 24.2 Å². The van der Waals surface area contributed by atoms with E-state index in [1.165, 1.54) is 0 Å². The second-order valence-corrected chi connectivity index (χ2v) is 12.6. The van der Waals surface area contributed by atoms with Crippen LogP contribution in [0.4, 0.5) is 0 Å². The van der Waals surface area contributed by atoms with Crippen molar-refractivity contribution in [1.82, 2.24) is 0 Å². The van der Waals surface area contributed by atoms with Crippen LogP contribution in [0.5, 0.6) is 5.75 Å². The van der Waals surface area contributed by atoms with Crippen molar-refractivity contribution in [3.05, 3.63) is 34.4 Å². The lowest BCUT2D eigenvalue weighted by molar-refractivity contribution is -0.107. The van der Waals surface area contributed by atoms with E-state index < -0.39 is 8.07 Å². The van der Waals surface area contributed by atoms with E-state index in [2.05, 4.69) is 26.2 Å². The molecule has 1 aromatic carbocycles. The number of carbonyl (C=O) groups is 2. The molecular formula is C18H24O4Si. The van der Waals surface area contributed by atoms with E-state index in [4.69, 9.17) is 9.47 Å². The fourth-order valence-electron chi connectivity index (χ4n) is 2.77. The van der Waals surface area contributed by atoms with E-state index in [-0.39, 0.29) is 19.0 Å². The minimum Gasteiger partial charge on any atom is -0.493 e. The molecule has 0 spiro atoms. The Bertz CT molecular complexity index is 656. The van der Waals surface area contributed by atoms with E-state index in [0.717, 1.165) is 34.6 Å². The molecule has 0 saturated carbocycles. The number of rotatable bonds is 7. The van der Waals surface area contributed by atoms with Gasteiger partial charge in [-0.25, -0.2) is 4.79 Å². The molecule has 1 aliphatic heterocycles. The van der Waals surface area contributed by atoms with E-state index in [1.54, 1.807) is 6.08 Å². The zero-order valence-corrected chi connectivity index (χ0v) is 15.3. The molecule has 0 unspecified atom stereocenters. The number of hydrogen-bond acceptors (Lipinski definition) is 4. The van der Waals surface area contributed by atoms with Gasteiger partial charge in [0, 0.05) is 25.6 Å². The van der Waals surface area contributed by atoms with Crippen LogP contribution in [0.25, 0.3) is 6.08 Å². The molecule has 124 valence electrons. The largest absolute Gasteiger partial charge is 0.493 e. The summed E-state index contributed by atoms with van der Waals surface area (Å²) in [6.45, 7) is 13.4. The Hall–Kier alpha value is -1.88. The predicted octanol–water partition coefficient (Wildman–Crippen LogP) is 3.77. The van der Waals surface area contributed by atoms with Crippen molar-refractivity contribution >= 4 is 26.4 Å². The molecule has 0 aromatic heterocycles. The molecule has 0 bridgehead atoms. The number of fused-ring (bicyclic) bond motifs is 1. The highest BCUT2D eigenvalue weighted by Crippen LogP contribution is 2.39. The number of ether oxygens (including phenoxy) is 2. The van der Waals surface area contributed by atoms with Crippen LogP contribution in [0.2, 0.25) is 25.7 Å². The molecule has 0 fully saturated rings. The average molecular weight is 332 g/mol. The van der Waals surface area contributed by atoms with Crippen LogP contribution in [0.1, 0.15) is 32.6 Å². The van der Waals surface area contributed by atoms with E-state index in [0.29, 0.717) is 17.9 Å². The molecule has 1 aliphatic rings. The molecule has 0 radical (unpaired) electrons. The van der Waals surface area contributed by atoms with Gasteiger partial charge in [0.15, 0.2) is 0 Å². The maximum atomic E-state index is 12.1. The summed E-state index contributed by atoms with van der Waals surface area (Å²) in [6.07, 6.45) is 2.76. The zero-order chi connectivity index (χ0) is 17.2. The van der Waals surface area contributed by atoms with Crippen LogP contribution in [0.3, 0.4) is 0 Å². The van der Waals surface area contributed by atoms with Crippen LogP contribution < -0.4 is 4.74 Å². The maximum absolute atomic E-state index is 12.1. The highest BCUT2D eigenvalue weighted by molar-refractivity contribution is 6.76. The zero-order valence-electron chi connectivity index (χ0n) is 14.3. The molecular weight excluding hydrogens is 308 g/mol. The number of aldehydes is 1. The van der Waals surface area contributed by atoms with Gasteiger partial charge >= 0.3 is 5.97 Å². The third-order valence-corrected chi connectivity index (χ3v) is 5.83. The van der Waals surface area contributed by atoms with Crippen LogP contribution in [-0.4, -0.2) is 26.9 Å². The van der Waals surface area contributed by atoms with Crippen LogP contribution in [0.15, 0.2) is 6.58 Å². The van der Waals surface area contributed by atoms with Crippen molar-refractivity contribution in [3.8, 4) is 5.75 Å². The topological polar surface area (TPSA) is 52.6 Å². The third-order valence-electron chi connectivity index (χ3n) is 4.13. The van der Waals surface area contributed by atoms with Gasteiger partial charge in [-0.2, -0.15) is 0 Å². The lowest BCUT2D eigenvalue weighted by atomic mass is 9.91. The standard InChI is InChI=1S/C18H24O4Si/c1-6-13-12(2)15-11-22-18(20)16(15)17(14(13)7-8-19)21-9-10-23(3,4)5/h6,8H,1,7,9-11H2,2-5H3. The quantitative estimate of drug-likeness (QED) is 0.433. The highest BCUT2D eigenvalue weighted by Gasteiger charge is 2.32. The summed E-state index contributed by atoms with van der Waals surface area (Å²) in [4.78, 5) is 23.3. The van der Waals surface area contributed by atoms with Gasteiger partial charge in [0.2, 0.25) is 0 Å². The summed E-state index contributed by atoms with van der Waals surface area (Å²) in [5.41, 5.74) is 3.89. The first kappa shape index (κ1) is 17.5. The SMILES string of the molecule is C=Cc1c(C)c2c(c(OCC[Si](C)(C)C)c1CC=O)C(=O)OC2. The van der Waals surface area contributed by atoms with Gasteiger partial charge in [-0.1, -0.05) is 32.3 Å². The Labute approximate surface area is 138 Å². The molecule has 0 aliphatic carbocycles. The van der Waals surface area contributed by atoms with Gasteiger partial charge in [0.25, 0.3) is 0 Å². The molecule has 2 rings (SSSR count). The first-order valence-electron chi connectivity index (χ1n) is 7.84. The Morgan fingerprint density at radius 1 is 1.35 bits per heavy atom. The molecule has 0 atom stereocenters. The normalized spacial score (nSPS) is 13.5. The first-order chi connectivity index (χ1) is 10.8. The Morgan fingerprint density at radius 2 is 2.04 bits per heavy atom. The smallest absolute Gasteiger partial charge is 0.342 e. The van der Waals surface area contributed by atoms with E-state index in [1.807, 2.05) is 6.92 Å². The van der Waals surface area contributed by atoms with E-state index in [9.17, 15) is 9.59 Å². The molecule has 1 heterocycles. The molecule has 0 N–H and O–H groups in total. The van der Waals surface area contributed by atoms with Gasteiger partial charge < -0.3 is 14.3 Å². The Morgan fingerprint density at radius 3 is 2.61 bits per heavy atom. The lowest BCUT2D eigenvalue weighted by Crippen LogP contribution is -2.23. The molecule has 4 nitrogen and oxygen atoms in total. The van der Waals surface area contributed by atoms with Crippen molar-refractivity contribution in [2.24, 2.45) is 0 Å². The van der Waals surface area contributed by atoms with Gasteiger partial charge in [0.05, 0.1) is 6.61 Å². The summed E-state index contributed by atoms with van der Waals surface area (Å²) in [5.74, 6) is 0.141. The number of hydrogen-bond donors (Lipinski definition) is 0. The minimum atomic E-state index is -1.25. The fraction of sp³-hybridized carbons (Fsp3) is 0.444. The Balaban J connectivity index is 2.52. The van der Waals surface area contributed by atoms with E-state index >= 15 is 0 Å². The summed E-state index contributed by atoms with van der Waals surface area (Å²) < 4.78 is 11.2. The number of cyclic esters (lactones) is 1.